The lowest BCUT2D eigenvalue weighted by Crippen LogP contribution is -2.20. The second kappa shape index (κ2) is 7.62. The summed E-state index contributed by atoms with van der Waals surface area (Å²) < 4.78 is 0. The molecule has 0 aromatic heterocycles. The molecule has 110 valence electrons. The number of hydrogen-bond donors (Lipinski definition) is 2. The molecule has 1 aromatic carbocycles. The molecule has 1 amide bonds. The second-order valence-corrected chi connectivity index (χ2v) is 4.09. The standard InChI is InChI=1S/C13H14N4O4/c1-16(6-7-18)9-10(8-14)13(19)15-11-4-2-3-5-12(11)17(20)21/h2-5,9,18H,6-7H2,1H3,(H,15,19)/b10-9-. The lowest BCUT2D eigenvalue weighted by molar-refractivity contribution is -0.383. The van der Waals surface area contributed by atoms with E-state index in [0.29, 0.717) is 0 Å². The molecule has 0 radical (unpaired) electrons. The molecule has 21 heavy (non-hydrogen) atoms. The van der Waals surface area contributed by atoms with Crippen LogP contribution in [0.4, 0.5) is 11.4 Å². The first-order valence-electron chi connectivity index (χ1n) is 5.97. The zero-order valence-electron chi connectivity index (χ0n) is 11.3. The molecule has 0 aliphatic heterocycles. The van der Waals surface area contributed by atoms with E-state index < -0.39 is 10.8 Å². The fourth-order valence-electron chi connectivity index (χ4n) is 1.51. The van der Waals surface area contributed by atoms with E-state index in [1.807, 2.05) is 0 Å². The van der Waals surface area contributed by atoms with E-state index in [2.05, 4.69) is 5.32 Å². The van der Waals surface area contributed by atoms with Crippen LogP contribution in [0.3, 0.4) is 0 Å². The minimum atomic E-state index is -0.753. The first kappa shape index (κ1) is 16.1. The van der Waals surface area contributed by atoms with Gasteiger partial charge in [0.05, 0.1) is 11.5 Å². The number of nitrogens with one attached hydrogen (secondary N) is 1. The van der Waals surface area contributed by atoms with Crippen LogP contribution in [0.1, 0.15) is 0 Å². The van der Waals surface area contributed by atoms with E-state index >= 15 is 0 Å². The number of amides is 1. The number of carbonyl (C=O) groups excluding carboxylic acids is 1. The van der Waals surface area contributed by atoms with Crippen LogP contribution in [0, 0.1) is 21.4 Å². The van der Waals surface area contributed by atoms with E-state index in [1.165, 1.54) is 35.4 Å². The van der Waals surface area contributed by atoms with Gasteiger partial charge in [-0.1, -0.05) is 12.1 Å². The van der Waals surface area contributed by atoms with Gasteiger partial charge in [0, 0.05) is 25.9 Å². The summed E-state index contributed by atoms with van der Waals surface area (Å²) in [7, 11) is 1.59. The van der Waals surface area contributed by atoms with E-state index in [4.69, 9.17) is 10.4 Å². The Hall–Kier alpha value is -2.92. The number of nitro benzene ring substituents is 1. The third-order valence-corrected chi connectivity index (χ3v) is 2.52. The summed E-state index contributed by atoms with van der Waals surface area (Å²) in [5.41, 5.74) is -0.464. The molecule has 0 unspecified atom stereocenters. The highest BCUT2D eigenvalue weighted by atomic mass is 16.6. The molecule has 0 aliphatic carbocycles. The zero-order valence-corrected chi connectivity index (χ0v) is 11.3. The summed E-state index contributed by atoms with van der Waals surface area (Å²) in [6, 6.07) is 7.36. The summed E-state index contributed by atoms with van der Waals surface area (Å²) in [5, 5.41) is 30.9. The van der Waals surface area contributed by atoms with Crippen molar-refractivity contribution in [3.8, 4) is 6.07 Å². The maximum atomic E-state index is 11.9. The van der Waals surface area contributed by atoms with Gasteiger partial charge in [-0.3, -0.25) is 14.9 Å². The molecule has 0 atom stereocenters. The van der Waals surface area contributed by atoms with Crippen LogP contribution in [-0.2, 0) is 4.79 Å². The Morgan fingerprint density at radius 3 is 2.81 bits per heavy atom. The van der Waals surface area contributed by atoms with Gasteiger partial charge in [-0.05, 0) is 6.07 Å². The van der Waals surface area contributed by atoms with Crippen LogP contribution in [0.15, 0.2) is 36.0 Å². The first-order chi connectivity index (χ1) is 9.99. The molecule has 8 heteroatoms. The van der Waals surface area contributed by atoms with Crippen molar-refractivity contribution in [1.29, 1.82) is 5.26 Å². The Morgan fingerprint density at radius 1 is 1.57 bits per heavy atom. The van der Waals surface area contributed by atoms with Gasteiger partial charge >= 0.3 is 0 Å². The molecule has 8 nitrogen and oxygen atoms in total. The summed E-state index contributed by atoms with van der Waals surface area (Å²) in [6.45, 7) is 0.126. The van der Waals surface area contributed by atoms with Crippen LogP contribution < -0.4 is 5.32 Å². The average molecular weight is 290 g/mol. The summed E-state index contributed by atoms with van der Waals surface area (Å²) in [6.07, 6.45) is 1.26. The Balaban J connectivity index is 2.95. The highest BCUT2D eigenvalue weighted by molar-refractivity contribution is 6.07. The van der Waals surface area contributed by atoms with Crippen LogP contribution in [0.25, 0.3) is 0 Å². The molecule has 0 fully saturated rings. The molecule has 0 saturated heterocycles. The first-order valence-corrected chi connectivity index (χ1v) is 5.97. The number of nitrogens with zero attached hydrogens (tertiary/aromatic N) is 3. The van der Waals surface area contributed by atoms with Gasteiger partial charge in [0.2, 0.25) is 0 Å². The molecule has 1 rings (SSSR count). The predicted molar refractivity (Wildman–Crippen MR) is 75.1 cm³/mol. The van der Waals surface area contributed by atoms with Gasteiger partial charge in [-0.15, -0.1) is 0 Å². The Labute approximate surface area is 121 Å². The topological polar surface area (TPSA) is 120 Å². The summed E-state index contributed by atoms with van der Waals surface area (Å²) in [5.74, 6) is -0.753. The number of aliphatic hydroxyl groups excluding tert-OH is 1. The highest BCUT2D eigenvalue weighted by Crippen LogP contribution is 2.23. The van der Waals surface area contributed by atoms with Gasteiger partial charge in [-0.25, -0.2) is 0 Å². The quantitative estimate of drug-likeness (QED) is 0.347. The lowest BCUT2D eigenvalue weighted by Gasteiger charge is -2.12. The van der Waals surface area contributed by atoms with Gasteiger partial charge in [0.15, 0.2) is 0 Å². The van der Waals surface area contributed by atoms with Gasteiger partial charge in [-0.2, -0.15) is 5.26 Å². The van der Waals surface area contributed by atoms with Crippen molar-refractivity contribution in [3.05, 3.63) is 46.2 Å². The third-order valence-electron chi connectivity index (χ3n) is 2.52. The predicted octanol–water partition coefficient (Wildman–Crippen LogP) is 0.865. The molecular weight excluding hydrogens is 276 g/mol. The third kappa shape index (κ3) is 4.59. The largest absolute Gasteiger partial charge is 0.395 e. The number of hydrogen-bond acceptors (Lipinski definition) is 6. The van der Waals surface area contributed by atoms with Crippen molar-refractivity contribution in [3.63, 3.8) is 0 Å². The van der Waals surface area contributed by atoms with E-state index in [0.717, 1.165) is 0 Å². The number of rotatable bonds is 6. The monoisotopic (exact) mass is 290 g/mol. The second-order valence-electron chi connectivity index (χ2n) is 4.09. The number of likely N-dealkylation sites (N-methyl/N-ethyl adjacent to an activating group) is 1. The summed E-state index contributed by atoms with van der Waals surface area (Å²) >= 11 is 0. The molecule has 1 aromatic rings. The maximum Gasteiger partial charge on any atom is 0.292 e. The summed E-state index contributed by atoms with van der Waals surface area (Å²) in [4.78, 5) is 23.6. The molecule has 0 aliphatic rings. The van der Waals surface area contributed by atoms with Crippen LogP contribution >= 0.6 is 0 Å². The van der Waals surface area contributed by atoms with Crippen molar-refractivity contribution in [1.82, 2.24) is 4.90 Å². The van der Waals surface area contributed by atoms with Crippen molar-refractivity contribution in [2.24, 2.45) is 0 Å². The number of nitriles is 1. The zero-order chi connectivity index (χ0) is 15.8. The highest BCUT2D eigenvalue weighted by Gasteiger charge is 2.17. The number of benzene rings is 1. The Morgan fingerprint density at radius 2 is 2.24 bits per heavy atom. The minimum Gasteiger partial charge on any atom is -0.395 e. The molecule has 0 saturated carbocycles. The fourth-order valence-corrected chi connectivity index (χ4v) is 1.51. The normalized spacial score (nSPS) is 10.6. The number of anilines is 1. The lowest BCUT2D eigenvalue weighted by atomic mass is 10.2. The molecular formula is C13H14N4O4. The molecule has 0 spiro atoms. The Bertz CT molecular complexity index is 606. The van der Waals surface area contributed by atoms with Gasteiger partial charge in [0.25, 0.3) is 11.6 Å². The Kier molecular flexibility index (Phi) is 5.85. The van der Waals surface area contributed by atoms with Crippen molar-refractivity contribution in [2.75, 3.05) is 25.5 Å². The van der Waals surface area contributed by atoms with Crippen molar-refractivity contribution < 1.29 is 14.8 Å². The average Bonchev–Trinajstić information content (AvgIpc) is 2.45. The number of carbonyl (C=O) groups is 1. The van der Waals surface area contributed by atoms with Gasteiger partial charge < -0.3 is 15.3 Å². The SMILES string of the molecule is CN(/C=C(/C#N)C(=O)Nc1ccccc1[N+](=O)[O-])CCO. The number of nitro groups is 1. The molecule has 0 bridgehead atoms. The van der Waals surface area contributed by atoms with Crippen molar-refractivity contribution in [2.45, 2.75) is 0 Å². The minimum absolute atomic E-state index is 0.0125. The smallest absolute Gasteiger partial charge is 0.292 e. The number of aliphatic hydroxyl groups is 1. The molecule has 0 heterocycles. The number of para-hydroxylation sites is 2. The van der Waals surface area contributed by atoms with E-state index in [9.17, 15) is 14.9 Å². The van der Waals surface area contributed by atoms with Crippen LogP contribution in [0.2, 0.25) is 0 Å². The van der Waals surface area contributed by atoms with Crippen LogP contribution in [0.5, 0.6) is 0 Å². The van der Waals surface area contributed by atoms with Crippen LogP contribution in [-0.4, -0.2) is 41.0 Å². The maximum absolute atomic E-state index is 11.9. The van der Waals surface area contributed by atoms with Crippen molar-refractivity contribution >= 4 is 17.3 Å². The van der Waals surface area contributed by atoms with Gasteiger partial charge in [0.1, 0.15) is 17.3 Å². The van der Waals surface area contributed by atoms with E-state index in [-0.39, 0.29) is 30.1 Å². The fraction of sp³-hybridized carbons (Fsp3) is 0.231. The van der Waals surface area contributed by atoms with E-state index in [1.54, 1.807) is 13.1 Å². The molecule has 2 N–H and O–H groups in total.